The summed E-state index contributed by atoms with van der Waals surface area (Å²) in [5.74, 6) is 0.370. The van der Waals surface area contributed by atoms with Crippen LogP contribution in [0.25, 0.3) is 0 Å². The maximum Gasteiger partial charge on any atom is 0.189 e. The molecular weight excluding hydrogens is 226 g/mol. The molecule has 1 aromatic rings. The lowest BCUT2D eigenvalue weighted by Crippen LogP contribution is -2.45. The Morgan fingerprint density at radius 1 is 1.33 bits per heavy atom. The summed E-state index contributed by atoms with van der Waals surface area (Å²) in [5.41, 5.74) is 6.72. The zero-order valence-electron chi connectivity index (χ0n) is 11.4. The van der Waals surface area contributed by atoms with Gasteiger partial charge in [-0.05, 0) is 26.3 Å². The number of nitrogens with one attached hydrogen (secondary N) is 1. The standard InChI is InChI=1S/C14H23N3O/c1-14(2,3)17-13(15)16-10-12(18)9-11-7-5-4-6-8-11/h4-8,12,18H,9-10H2,1-3H3,(H3,15,16,17). The van der Waals surface area contributed by atoms with Gasteiger partial charge >= 0.3 is 0 Å². The van der Waals surface area contributed by atoms with E-state index in [2.05, 4.69) is 10.3 Å². The van der Waals surface area contributed by atoms with Crippen LogP contribution in [0.2, 0.25) is 0 Å². The number of hydrogen-bond acceptors (Lipinski definition) is 2. The minimum atomic E-state index is -0.507. The van der Waals surface area contributed by atoms with Gasteiger partial charge in [-0.15, -0.1) is 0 Å². The van der Waals surface area contributed by atoms with E-state index in [4.69, 9.17) is 5.73 Å². The summed E-state index contributed by atoms with van der Waals surface area (Å²) in [6.07, 6.45) is 0.0837. The third kappa shape index (κ3) is 6.25. The van der Waals surface area contributed by atoms with Gasteiger partial charge in [-0.2, -0.15) is 0 Å². The van der Waals surface area contributed by atoms with Crippen molar-refractivity contribution in [2.45, 2.75) is 38.8 Å². The van der Waals surface area contributed by atoms with Crippen molar-refractivity contribution in [2.75, 3.05) is 6.54 Å². The number of nitrogens with two attached hydrogens (primary N) is 1. The molecule has 0 fully saturated rings. The van der Waals surface area contributed by atoms with E-state index in [0.717, 1.165) is 5.56 Å². The molecule has 0 saturated heterocycles. The van der Waals surface area contributed by atoms with Gasteiger partial charge in [0.05, 0.1) is 12.6 Å². The molecule has 1 atom stereocenters. The Labute approximate surface area is 109 Å². The average Bonchev–Trinajstić information content (AvgIpc) is 2.25. The number of guanidine groups is 1. The van der Waals surface area contributed by atoms with Gasteiger partial charge in [0.25, 0.3) is 0 Å². The summed E-state index contributed by atoms with van der Waals surface area (Å²) >= 11 is 0. The number of aliphatic hydroxyl groups is 1. The van der Waals surface area contributed by atoms with E-state index in [1.807, 2.05) is 51.1 Å². The highest BCUT2D eigenvalue weighted by atomic mass is 16.3. The predicted octanol–water partition coefficient (Wildman–Crippen LogP) is 1.29. The summed E-state index contributed by atoms with van der Waals surface area (Å²) in [4.78, 5) is 4.14. The quantitative estimate of drug-likeness (QED) is 0.556. The fraction of sp³-hybridized carbons (Fsp3) is 0.500. The number of aliphatic imine (C=N–C) groups is 1. The SMILES string of the molecule is CC(C)(C)NC(N)=NCC(O)Cc1ccccc1. The van der Waals surface area contributed by atoms with Crippen molar-refractivity contribution in [2.24, 2.45) is 10.7 Å². The minimum Gasteiger partial charge on any atom is -0.391 e. The Morgan fingerprint density at radius 3 is 2.50 bits per heavy atom. The molecule has 0 aromatic heterocycles. The van der Waals surface area contributed by atoms with E-state index < -0.39 is 6.10 Å². The molecule has 100 valence electrons. The molecule has 1 rings (SSSR count). The Kier molecular flexibility index (Phi) is 5.16. The van der Waals surface area contributed by atoms with Crippen LogP contribution >= 0.6 is 0 Å². The van der Waals surface area contributed by atoms with Gasteiger partial charge < -0.3 is 16.2 Å². The maximum atomic E-state index is 9.86. The molecule has 4 N–H and O–H groups in total. The molecule has 0 spiro atoms. The Balaban J connectivity index is 2.41. The van der Waals surface area contributed by atoms with Crippen LogP contribution in [0.4, 0.5) is 0 Å². The van der Waals surface area contributed by atoms with E-state index >= 15 is 0 Å². The van der Waals surface area contributed by atoms with E-state index in [0.29, 0.717) is 18.9 Å². The second-order valence-corrected chi connectivity index (χ2v) is 5.44. The van der Waals surface area contributed by atoms with Gasteiger partial charge in [-0.1, -0.05) is 30.3 Å². The highest BCUT2D eigenvalue weighted by Gasteiger charge is 2.10. The van der Waals surface area contributed by atoms with Gasteiger partial charge in [0.2, 0.25) is 0 Å². The van der Waals surface area contributed by atoms with Crippen LogP contribution in [-0.2, 0) is 6.42 Å². The topological polar surface area (TPSA) is 70.6 Å². The van der Waals surface area contributed by atoms with Crippen molar-refractivity contribution in [3.8, 4) is 0 Å². The van der Waals surface area contributed by atoms with Gasteiger partial charge in [0.1, 0.15) is 0 Å². The zero-order chi connectivity index (χ0) is 13.6. The molecule has 1 aromatic carbocycles. The fourth-order valence-corrected chi connectivity index (χ4v) is 1.58. The predicted molar refractivity (Wildman–Crippen MR) is 75.5 cm³/mol. The Morgan fingerprint density at radius 2 is 1.94 bits per heavy atom. The number of rotatable bonds is 4. The summed E-state index contributed by atoms with van der Waals surface area (Å²) in [5, 5.41) is 12.9. The number of aliphatic hydroxyl groups excluding tert-OH is 1. The Hall–Kier alpha value is -1.55. The molecule has 1 unspecified atom stereocenters. The van der Waals surface area contributed by atoms with Gasteiger partial charge in [-0.3, -0.25) is 4.99 Å². The lowest BCUT2D eigenvalue weighted by atomic mass is 10.1. The molecule has 0 aliphatic heterocycles. The van der Waals surface area contributed by atoms with Crippen molar-refractivity contribution in [3.05, 3.63) is 35.9 Å². The van der Waals surface area contributed by atoms with Crippen LogP contribution < -0.4 is 11.1 Å². The van der Waals surface area contributed by atoms with Gasteiger partial charge in [0.15, 0.2) is 5.96 Å². The summed E-state index contributed by atoms with van der Waals surface area (Å²) in [6, 6.07) is 9.86. The smallest absolute Gasteiger partial charge is 0.189 e. The molecule has 0 amide bonds. The normalized spacial score (nSPS) is 14.3. The first kappa shape index (κ1) is 14.5. The molecule has 0 heterocycles. The van der Waals surface area contributed by atoms with Crippen LogP contribution in [0.5, 0.6) is 0 Å². The summed E-state index contributed by atoms with van der Waals surface area (Å²) in [6.45, 7) is 6.34. The highest BCUT2D eigenvalue weighted by molar-refractivity contribution is 5.78. The minimum absolute atomic E-state index is 0.113. The third-order valence-electron chi connectivity index (χ3n) is 2.29. The van der Waals surface area contributed by atoms with Crippen LogP contribution in [0.1, 0.15) is 26.3 Å². The monoisotopic (exact) mass is 249 g/mol. The van der Waals surface area contributed by atoms with E-state index in [9.17, 15) is 5.11 Å². The Bertz CT molecular complexity index is 382. The van der Waals surface area contributed by atoms with Crippen LogP contribution in [0.3, 0.4) is 0 Å². The van der Waals surface area contributed by atoms with Crippen molar-refractivity contribution in [1.82, 2.24) is 5.32 Å². The maximum absolute atomic E-state index is 9.86. The zero-order valence-corrected chi connectivity index (χ0v) is 11.4. The average molecular weight is 249 g/mol. The number of benzene rings is 1. The van der Waals surface area contributed by atoms with Crippen LogP contribution in [0, 0.1) is 0 Å². The molecule has 0 saturated carbocycles. The van der Waals surface area contributed by atoms with Gasteiger partial charge in [-0.25, -0.2) is 0 Å². The van der Waals surface area contributed by atoms with Gasteiger partial charge in [0, 0.05) is 12.0 Å². The first-order valence-electron chi connectivity index (χ1n) is 6.17. The highest BCUT2D eigenvalue weighted by Crippen LogP contribution is 2.03. The first-order chi connectivity index (χ1) is 8.37. The van der Waals surface area contributed by atoms with Crippen molar-refractivity contribution < 1.29 is 5.11 Å². The van der Waals surface area contributed by atoms with E-state index in [1.165, 1.54) is 0 Å². The molecule has 0 radical (unpaired) electrons. The molecule has 0 aliphatic carbocycles. The second-order valence-electron chi connectivity index (χ2n) is 5.44. The van der Waals surface area contributed by atoms with Crippen LogP contribution in [0.15, 0.2) is 35.3 Å². The fourth-order valence-electron chi connectivity index (χ4n) is 1.58. The van der Waals surface area contributed by atoms with Crippen molar-refractivity contribution >= 4 is 5.96 Å². The summed E-state index contributed by atoms with van der Waals surface area (Å²) in [7, 11) is 0. The number of hydrogen-bond donors (Lipinski definition) is 3. The first-order valence-corrected chi connectivity index (χ1v) is 6.17. The lowest BCUT2D eigenvalue weighted by molar-refractivity contribution is 0.183. The summed E-state index contributed by atoms with van der Waals surface area (Å²) < 4.78 is 0. The molecular formula is C14H23N3O. The molecule has 18 heavy (non-hydrogen) atoms. The molecule has 4 nitrogen and oxygen atoms in total. The molecule has 0 aliphatic rings. The molecule has 0 bridgehead atoms. The second kappa shape index (κ2) is 6.40. The third-order valence-corrected chi connectivity index (χ3v) is 2.29. The van der Waals surface area contributed by atoms with E-state index in [-0.39, 0.29) is 5.54 Å². The largest absolute Gasteiger partial charge is 0.391 e. The van der Waals surface area contributed by atoms with Crippen molar-refractivity contribution in [3.63, 3.8) is 0 Å². The van der Waals surface area contributed by atoms with E-state index in [1.54, 1.807) is 0 Å². The van der Waals surface area contributed by atoms with Crippen molar-refractivity contribution in [1.29, 1.82) is 0 Å². The lowest BCUT2D eigenvalue weighted by Gasteiger charge is -2.21. The molecule has 4 heteroatoms. The number of nitrogens with zero attached hydrogens (tertiary/aromatic N) is 1. The van der Waals surface area contributed by atoms with Crippen LogP contribution in [-0.4, -0.2) is 29.3 Å².